The predicted molar refractivity (Wildman–Crippen MR) is 291 cm³/mol. The number of sulfone groups is 1. The van der Waals surface area contributed by atoms with Crippen LogP contribution in [0.25, 0.3) is 0 Å². The molecule has 0 aromatic rings. The van der Waals surface area contributed by atoms with Crippen LogP contribution in [0.1, 0.15) is 232 Å². The largest absolute Gasteiger partial charge is 0.481 e. The van der Waals surface area contributed by atoms with Crippen LogP contribution in [0.15, 0.2) is 0 Å². The van der Waals surface area contributed by atoms with Crippen molar-refractivity contribution in [1.29, 1.82) is 0 Å². The smallest absolute Gasteiger partial charge is 0.325 e. The molecule has 0 unspecified atom stereocenters. The molecule has 68 heavy (non-hydrogen) atoms. The number of hydrogen-bond donors (Lipinski definition) is 5. The minimum Gasteiger partial charge on any atom is -0.481 e. The Morgan fingerprint density at radius 3 is 0.985 bits per heavy atom. The number of sulfonamides is 1. The molecule has 0 atom stereocenters. The lowest BCUT2D eigenvalue weighted by molar-refractivity contribution is -0.137. The first-order chi connectivity index (χ1) is 29.0. The van der Waals surface area contributed by atoms with Gasteiger partial charge in [0.15, 0.2) is 9.84 Å². The highest BCUT2D eigenvalue weighted by molar-refractivity contribution is 7.92. The number of nitrogens with one attached hydrogen (secondary N) is 1. The Kier molecular flexibility index (Phi) is 31.0. The summed E-state index contributed by atoms with van der Waals surface area (Å²) in [6, 6.07) is 0. The van der Waals surface area contributed by atoms with E-state index >= 15 is 0 Å². The fourth-order valence-corrected chi connectivity index (χ4v) is 8.36. The van der Waals surface area contributed by atoms with Crippen LogP contribution in [0.4, 0.5) is 0 Å². The van der Waals surface area contributed by atoms with Crippen molar-refractivity contribution in [2.24, 2.45) is 54.1 Å². The zero-order valence-electron chi connectivity index (χ0n) is 49.1. The minimum atomic E-state index is -3.83. The second kappa shape index (κ2) is 27.6. The zero-order valence-corrected chi connectivity index (χ0v) is 52.4. The summed E-state index contributed by atoms with van der Waals surface area (Å²) >= 11 is 0. The molecule has 0 rings (SSSR count). The van der Waals surface area contributed by atoms with E-state index in [0.717, 1.165) is 19.3 Å². The quantitative estimate of drug-likeness (QED) is 0.0638. The van der Waals surface area contributed by atoms with Crippen molar-refractivity contribution in [3.8, 4) is 0 Å². The van der Waals surface area contributed by atoms with E-state index in [1.165, 1.54) is 7.05 Å². The molecule has 0 saturated carbocycles. The van der Waals surface area contributed by atoms with E-state index in [9.17, 15) is 34.6 Å². The van der Waals surface area contributed by atoms with Crippen molar-refractivity contribution in [2.75, 3.05) is 30.5 Å². The lowest BCUT2D eigenvalue weighted by Crippen LogP contribution is -2.33. The summed E-state index contributed by atoms with van der Waals surface area (Å²) in [5.41, 5.74) is 0.756. The van der Waals surface area contributed by atoms with Crippen LogP contribution in [-0.4, -0.2) is 86.4 Å². The Bertz CT molecular complexity index is 1840. The van der Waals surface area contributed by atoms with Crippen molar-refractivity contribution in [3.05, 3.63) is 0 Å². The van der Waals surface area contributed by atoms with Crippen LogP contribution in [0.2, 0.25) is 0 Å². The van der Waals surface area contributed by atoms with Crippen molar-refractivity contribution < 1.29 is 54.1 Å². The summed E-state index contributed by atoms with van der Waals surface area (Å²) < 4.78 is 88.7. The molecule has 0 aromatic carbocycles. The Balaban J connectivity index is -0.000000243. The van der Waals surface area contributed by atoms with Gasteiger partial charge in [0.25, 0.3) is 10.1 Å². The fourth-order valence-electron chi connectivity index (χ4n) is 4.49. The van der Waals surface area contributed by atoms with Crippen molar-refractivity contribution in [3.63, 3.8) is 0 Å². The monoisotopic (exact) mass is 1060 g/mol. The Morgan fingerprint density at radius 2 is 0.750 bits per heavy atom. The first-order valence-corrected chi connectivity index (χ1v) is 31.1. The molecule has 0 fully saturated rings. The van der Waals surface area contributed by atoms with Gasteiger partial charge in [0.05, 0.1) is 28.7 Å². The topological polar surface area (TPSA) is 230 Å². The van der Waals surface area contributed by atoms with Gasteiger partial charge in [-0.15, -0.1) is 0 Å². The molecule has 0 spiro atoms. The van der Waals surface area contributed by atoms with Crippen molar-refractivity contribution >= 4 is 43.5 Å². The summed E-state index contributed by atoms with van der Waals surface area (Å²) in [5.74, 6) is -0.343. The maximum atomic E-state index is 11.7. The minimum absolute atomic E-state index is 0.0166. The average molecular weight is 1060 g/mol. The first kappa shape index (κ1) is 76.3. The highest BCUT2D eigenvalue weighted by atomic mass is 32.2. The molecule has 0 heterocycles. The molecule has 0 amide bonds. The predicted octanol–water partition coefficient (Wildman–Crippen LogP) is 13.5. The van der Waals surface area contributed by atoms with Gasteiger partial charge in [0.1, 0.15) is 0 Å². The van der Waals surface area contributed by atoms with Crippen LogP contribution in [0.5, 0.6) is 0 Å². The van der Waals surface area contributed by atoms with E-state index in [2.05, 4.69) is 150 Å². The third-order valence-corrected chi connectivity index (χ3v) is 21.5. The SMILES string of the molecule is CC(C)(C)C(C)(C)CCCC(=O)O.CC(C)(C)C(C)(C)CCP(=O)(O)O.CC(C)(C)C(C)(C)CCS(=O)(=O)O.CC(C)S(=O)(=O)CCC(C)(C)C(C)(C)C.CNS(=O)(=O)CCC(C)(C)C(C)(C)C. The molecule has 0 bridgehead atoms. The van der Waals surface area contributed by atoms with E-state index in [1.807, 2.05) is 27.7 Å². The molecule has 0 aliphatic rings. The number of carboxylic acid groups (broad SMARTS) is 1. The second-order valence-electron chi connectivity index (χ2n) is 27.5. The molecular formula is C51H112NO12PS3. The van der Waals surface area contributed by atoms with E-state index in [-0.39, 0.29) is 77.1 Å². The molecule has 416 valence electrons. The molecule has 0 aliphatic heterocycles. The third kappa shape index (κ3) is 34.7. The lowest BCUT2D eigenvalue weighted by Gasteiger charge is -2.39. The number of carboxylic acids is 1. The molecular weight excluding hydrogens is 946 g/mol. The molecule has 0 aromatic heterocycles. The first-order valence-electron chi connectivity index (χ1n) is 24.3. The Hall–Kier alpha value is -0.610. The highest BCUT2D eigenvalue weighted by Crippen LogP contribution is 2.47. The van der Waals surface area contributed by atoms with E-state index < -0.39 is 43.5 Å². The lowest BCUT2D eigenvalue weighted by atomic mass is 9.67. The molecule has 17 heteroatoms. The maximum absolute atomic E-state index is 11.7. The van der Waals surface area contributed by atoms with Gasteiger partial charge in [-0.1, -0.05) is 173 Å². The van der Waals surface area contributed by atoms with Crippen LogP contribution >= 0.6 is 7.60 Å². The fraction of sp³-hybridized carbons (Fsp3) is 0.980. The van der Waals surface area contributed by atoms with Gasteiger partial charge in [-0.25, -0.2) is 21.6 Å². The Labute approximate surface area is 422 Å². The molecule has 0 radical (unpaired) electrons. The average Bonchev–Trinajstić information content (AvgIpc) is 3.06. The summed E-state index contributed by atoms with van der Waals surface area (Å²) in [7, 11) is -12.1. The van der Waals surface area contributed by atoms with E-state index in [4.69, 9.17) is 19.4 Å². The number of rotatable bonds is 18. The summed E-state index contributed by atoms with van der Waals surface area (Å²) in [6.07, 6.45) is 4.48. The van der Waals surface area contributed by atoms with Gasteiger partial charge in [-0.05, 0) is 114 Å². The third-order valence-electron chi connectivity index (χ3n) is 16.4. The van der Waals surface area contributed by atoms with Crippen LogP contribution < -0.4 is 4.72 Å². The Morgan fingerprint density at radius 1 is 0.485 bits per heavy atom. The second-order valence-corrected chi connectivity index (χ2v) is 35.6. The maximum Gasteiger partial charge on any atom is 0.325 e. The summed E-state index contributed by atoms with van der Waals surface area (Å²) in [5, 5.41) is 8.26. The number of aliphatic carboxylic acids is 1. The molecule has 0 aliphatic carbocycles. The normalized spacial score (nSPS) is 14.3. The van der Waals surface area contributed by atoms with Crippen LogP contribution in [0.3, 0.4) is 0 Å². The van der Waals surface area contributed by atoms with Crippen molar-refractivity contribution in [1.82, 2.24) is 4.72 Å². The number of hydrogen-bond acceptors (Lipinski definition) is 8. The van der Waals surface area contributed by atoms with Crippen LogP contribution in [-0.2, 0) is 39.3 Å². The summed E-state index contributed by atoms with van der Waals surface area (Å²) in [6.45, 7) is 56.5. The van der Waals surface area contributed by atoms with Crippen LogP contribution in [0, 0.1) is 54.1 Å². The van der Waals surface area contributed by atoms with E-state index in [0.29, 0.717) is 31.4 Å². The van der Waals surface area contributed by atoms with Gasteiger partial charge in [-0.3, -0.25) is 13.9 Å². The standard InChI is InChI=1S/C12H26O2S.C11H22O2.C10H23NO2S.C9H21O3P.C9H20O3S/c1-10(2)15(13,14)9-8-12(6,7)11(3,4)5;1-10(2,3)11(4,5)8-6-7-9(12)13;1-9(2,3)10(4,5)7-8-14(12,13)11-6;2*1-8(2,3)9(4,5)6-7-13(10,11)12/h10H,8-9H2,1-7H3;6-8H2,1-5H3,(H,12,13);11H,7-8H2,1-6H3;6-7H2,1-5H3,(H2,10,11,12);6-7H2,1-5H3,(H,10,11,12). The number of carbonyl (C=O) groups is 1. The van der Waals surface area contributed by atoms with E-state index in [1.54, 1.807) is 13.8 Å². The zero-order chi connectivity index (χ0) is 56.6. The van der Waals surface area contributed by atoms with Gasteiger partial charge in [-0.2, -0.15) is 8.42 Å². The van der Waals surface area contributed by atoms with Gasteiger partial charge < -0.3 is 14.9 Å². The summed E-state index contributed by atoms with van der Waals surface area (Å²) in [4.78, 5) is 27.9. The molecule has 0 saturated heterocycles. The van der Waals surface area contributed by atoms with Gasteiger partial charge in [0.2, 0.25) is 10.0 Å². The van der Waals surface area contributed by atoms with Crippen molar-refractivity contribution in [2.45, 2.75) is 237 Å². The molecule has 5 N–H and O–H groups in total. The van der Waals surface area contributed by atoms with Gasteiger partial charge in [0, 0.05) is 6.42 Å². The van der Waals surface area contributed by atoms with Gasteiger partial charge >= 0.3 is 13.6 Å². The highest BCUT2D eigenvalue weighted by Gasteiger charge is 2.37. The molecule has 13 nitrogen and oxygen atoms in total.